The number of rotatable bonds is 1. The van der Waals surface area contributed by atoms with E-state index in [0.29, 0.717) is 0 Å². The molecule has 4 aliphatic rings. The third kappa shape index (κ3) is 2.68. The Morgan fingerprint density at radius 1 is 0.846 bits per heavy atom. The highest BCUT2D eigenvalue weighted by atomic mass is 15.1. The van der Waals surface area contributed by atoms with Gasteiger partial charge in [0.25, 0.3) is 0 Å². The summed E-state index contributed by atoms with van der Waals surface area (Å²) in [6.07, 6.45) is 11.1. The average Bonchev–Trinajstić information content (AvgIpc) is 3.63. The number of benzene rings is 3. The van der Waals surface area contributed by atoms with Gasteiger partial charge in [0.1, 0.15) is 12.0 Å². The van der Waals surface area contributed by atoms with Crippen LogP contribution in [-0.4, -0.2) is 18.9 Å². The molecule has 0 amide bonds. The number of nitrogens with zero attached hydrogens (tertiary/aromatic N) is 4. The second kappa shape index (κ2) is 7.12. The van der Waals surface area contributed by atoms with Gasteiger partial charge in [0, 0.05) is 28.8 Å². The Balaban J connectivity index is 1.29. The summed E-state index contributed by atoms with van der Waals surface area (Å²) in [5, 5.41) is 3.72. The van der Waals surface area contributed by atoms with E-state index in [-0.39, 0.29) is 5.41 Å². The summed E-state index contributed by atoms with van der Waals surface area (Å²) in [5.41, 5.74) is 12.9. The van der Waals surface area contributed by atoms with E-state index < -0.39 is 0 Å². The van der Waals surface area contributed by atoms with Crippen molar-refractivity contribution in [3.8, 4) is 16.8 Å². The number of para-hydroxylation sites is 3. The van der Waals surface area contributed by atoms with Crippen molar-refractivity contribution in [3.63, 3.8) is 0 Å². The molecule has 0 N–H and O–H groups in total. The SMILES string of the molecule is CC1(C)C2=c3ccccc3=CC2=Cc2cc3ccn(-c4cccc5c4ncn4c6ccccc6nc54)cc-3c21. The van der Waals surface area contributed by atoms with Crippen LogP contribution in [0.5, 0.6) is 0 Å². The van der Waals surface area contributed by atoms with E-state index in [1.54, 1.807) is 0 Å². The van der Waals surface area contributed by atoms with Crippen molar-refractivity contribution >= 4 is 45.3 Å². The molecule has 39 heavy (non-hydrogen) atoms. The van der Waals surface area contributed by atoms with Gasteiger partial charge in [0.05, 0.1) is 22.2 Å². The second-order valence-corrected chi connectivity index (χ2v) is 11.2. The van der Waals surface area contributed by atoms with Crippen molar-refractivity contribution in [3.05, 3.63) is 125 Å². The van der Waals surface area contributed by atoms with Crippen LogP contribution in [0.25, 0.3) is 62.1 Å². The molecule has 0 atom stereocenters. The average molecular weight is 501 g/mol. The fraction of sp³-hybridized carbons (Fsp3) is 0.0857. The molecule has 9 rings (SSSR count). The molecule has 3 heterocycles. The first-order valence-electron chi connectivity index (χ1n) is 13.4. The lowest BCUT2D eigenvalue weighted by atomic mass is 9.70. The molecule has 3 aliphatic carbocycles. The highest BCUT2D eigenvalue weighted by Crippen LogP contribution is 2.50. The van der Waals surface area contributed by atoms with Crippen LogP contribution in [0.1, 0.15) is 25.0 Å². The number of pyridine rings is 1. The zero-order valence-electron chi connectivity index (χ0n) is 21.7. The molecular weight excluding hydrogens is 476 g/mol. The molecule has 0 saturated heterocycles. The normalized spacial score (nSPS) is 15.4. The van der Waals surface area contributed by atoms with Gasteiger partial charge in [-0.1, -0.05) is 56.3 Å². The van der Waals surface area contributed by atoms with E-state index in [1.807, 2.05) is 18.5 Å². The maximum Gasteiger partial charge on any atom is 0.148 e. The van der Waals surface area contributed by atoms with Gasteiger partial charge in [-0.05, 0) is 86.8 Å². The maximum absolute atomic E-state index is 4.95. The number of aromatic nitrogens is 4. The molecule has 2 aromatic heterocycles. The molecule has 0 unspecified atom stereocenters. The topological polar surface area (TPSA) is 35.1 Å². The predicted octanol–water partition coefficient (Wildman–Crippen LogP) is 6.25. The molecule has 4 heteroatoms. The van der Waals surface area contributed by atoms with E-state index in [1.165, 1.54) is 43.8 Å². The Labute approximate surface area is 224 Å². The Bertz CT molecular complexity index is 2310. The van der Waals surface area contributed by atoms with E-state index in [0.717, 1.165) is 33.3 Å². The lowest BCUT2D eigenvalue weighted by Gasteiger charge is -2.33. The second-order valence-electron chi connectivity index (χ2n) is 11.2. The van der Waals surface area contributed by atoms with Crippen molar-refractivity contribution in [2.45, 2.75) is 19.3 Å². The van der Waals surface area contributed by atoms with Gasteiger partial charge >= 0.3 is 0 Å². The van der Waals surface area contributed by atoms with Crippen LogP contribution in [-0.2, 0) is 5.41 Å². The van der Waals surface area contributed by atoms with Gasteiger partial charge in [-0.3, -0.25) is 4.40 Å². The molecule has 0 fully saturated rings. The molecule has 0 radical (unpaired) electrons. The number of hydrogen-bond acceptors (Lipinski definition) is 2. The van der Waals surface area contributed by atoms with Crippen LogP contribution in [0.15, 0.2) is 103 Å². The first-order valence-corrected chi connectivity index (χ1v) is 13.4. The monoisotopic (exact) mass is 500 g/mol. The summed E-state index contributed by atoms with van der Waals surface area (Å²) in [7, 11) is 0. The Morgan fingerprint density at radius 2 is 1.72 bits per heavy atom. The number of imidazole rings is 1. The summed E-state index contributed by atoms with van der Waals surface area (Å²) >= 11 is 0. The van der Waals surface area contributed by atoms with Crippen molar-refractivity contribution < 1.29 is 0 Å². The summed E-state index contributed by atoms with van der Waals surface area (Å²) in [4.78, 5) is 9.89. The van der Waals surface area contributed by atoms with E-state index in [4.69, 9.17) is 9.97 Å². The minimum Gasteiger partial charge on any atom is -0.321 e. The third-order valence-electron chi connectivity index (χ3n) is 8.69. The summed E-state index contributed by atoms with van der Waals surface area (Å²) in [6.45, 7) is 4.75. The largest absolute Gasteiger partial charge is 0.321 e. The third-order valence-corrected chi connectivity index (χ3v) is 8.69. The van der Waals surface area contributed by atoms with Gasteiger partial charge < -0.3 is 4.57 Å². The van der Waals surface area contributed by atoms with E-state index in [2.05, 4.69) is 114 Å². The van der Waals surface area contributed by atoms with E-state index in [9.17, 15) is 0 Å². The molecule has 3 aromatic carbocycles. The van der Waals surface area contributed by atoms with Crippen LogP contribution in [0, 0.1) is 0 Å². The maximum atomic E-state index is 4.95. The Kier molecular flexibility index (Phi) is 3.84. The van der Waals surface area contributed by atoms with Gasteiger partial charge in [-0.15, -0.1) is 0 Å². The minimum absolute atomic E-state index is 0.122. The first-order chi connectivity index (χ1) is 19.1. The number of allylic oxidation sites excluding steroid dienone is 1. The predicted molar refractivity (Wildman–Crippen MR) is 159 cm³/mol. The molecule has 0 bridgehead atoms. The molecule has 0 saturated carbocycles. The number of fused-ring (bicyclic) bond motifs is 10. The van der Waals surface area contributed by atoms with Gasteiger partial charge in [0.2, 0.25) is 0 Å². The van der Waals surface area contributed by atoms with Gasteiger partial charge in [-0.25, -0.2) is 9.97 Å². The lowest BCUT2D eigenvalue weighted by Crippen LogP contribution is -2.31. The zero-order chi connectivity index (χ0) is 25.9. The first kappa shape index (κ1) is 21.0. The highest BCUT2D eigenvalue weighted by molar-refractivity contribution is 6.01. The molecule has 4 nitrogen and oxygen atoms in total. The highest BCUT2D eigenvalue weighted by Gasteiger charge is 2.38. The number of hydrogen-bond donors (Lipinski definition) is 0. The molecule has 184 valence electrons. The molecule has 1 aliphatic heterocycles. The smallest absolute Gasteiger partial charge is 0.148 e. The summed E-state index contributed by atoms with van der Waals surface area (Å²) < 4.78 is 4.31. The standard InChI is InChI=1S/C35H24N4/c1-35(2)31-23(16-21-8-3-4-9-25(21)31)18-24-17-22-14-15-38(19-27(22)32(24)35)30-13-7-10-26-33(30)36-20-39-29-12-6-5-11-28(29)37-34(26)39/h3-20H,1-2H3. The van der Waals surface area contributed by atoms with Crippen LogP contribution in [0.3, 0.4) is 0 Å². The Hall–Kier alpha value is -4.96. The minimum atomic E-state index is -0.122. The van der Waals surface area contributed by atoms with Crippen molar-refractivity contribution in [2.24, 2.45) is 0 Å². The van der Waals surface area contributed by atoms with Gasteiger partial charge in [0.15, 0.2) is 0 Å². The molecule has 0 spiro atoms. The lowest BCUT2D eigenvalue weighted by molar-refractivity contribution is 0.689. The zero-order valence-corrected chi connectivity index (χ0v) is 21.7. The van der Waals surface area contributed by atoms with Crippen molar-refractivity contribution in [1.82, 2.24) is 18.9 Å². The fourth-order valence-corrected chi connectivity index (χ4v) is 7.07. The van der Waals surface area contributed by atoms with Crippen molar-refractivity contribution in [1.29, 1.82) is 0 Å². The van der Waals surface area contributed by atoms with Crippen LogP contribution in [0.4, 0.5) is 0 Å². The van der Waals surface area contributed by atoms with Gasteiger partial charge in [-0.2, -0.15) is 0 Å². The Morgan fingerprint density at radius 3 is 2.67 bits per heavy atom. The van der Waals surface area contributed by atoms with Crippen LogP contribution < -0.4 is 10.4 Å². The van der Waals surface area contributed by atoms with Crippen LogP contribution >= 0.6 is 0 Å². The quantitative estimate of drug-likeness (QED) is 0.267. The van der Waals surface area contributed by atoms with Crippen molar-refractivity contribution in [2.75, 3.05) is 0 Å². The molecule has 5 aromatic rings. The summed E-state index contributed by atoms with van der Waals surface area (Å²) in [5.74, 6) is 0. The summed E-state index contributed by atoms with van der Waals surface area (Å²) in [6, 6.07) is 28.0. The fourth-order valence-electron chi connectivity index (χ4n) is 7.07. The van der Waals surface area contributed by atoms with E-state index >= 15 is 0 Å². The van der Waals surface area contributed by atoms with Crippen LogP contribution in [0.2, 0.25) is 0 Å². The molecular formula is C35H24N4.